The highest BCUT2D eigenvalue weighted by Gasteiger charge is 2.62. The van der Waals surface area contributed by atoms with Gasteiger partial charge in [0.15, 0.2) is 0 Å². The van der Waals surface area contributed by atoms with Gasteiger partial charge in [-0.1, -0.05) is 48.5 Å². The molecule has 5 nitrogen and oxygen atoms in total. The first-order valence-corrected chi connectivity index (χ1v) is 9.32. The lowest BCUT2D eigenvalue weighted by atomic mass is 9.82. The Morgan fingerprint density at radius 1 is 0.889 bits per heavy atom. The molecule has 3 aliphatic heterocycles. The molecule has 2 saturated heterocycles. The van der Waals surface area contributed by atoms with E-state index in [9.17, 15) is 14.4 Å². The van der Waals surface area contributed by atoms with Crippen LogP contribution in [-0.2, 0) is 16.0 Å². The van der Waals surface area contributed by atoms with Crippen LogP contribution >= 0.6 is 0 Å². The maximum Gasteiger partial charge on any atom is 0.234 e. The van der Waals surface area contributed by atoms with Crippen LogP contribution in [0.4, 0.5) is 0 Å². The van der Waals surface area contributed by atoms with E-state index in [1.165, 1.54) is 10.5 Å². The number of aldehydes is 1. The minimum absolute atomic E-state index is 0.109. The van der Waals surface area contributed by atoms with Crippen molar-refractivity contribution in [2.45, 2.75) is 18.5 Å². The highest BCUT2D eigenvalue weighted by atomic mass is 16.2. The van der Waals surface area contributed by atoms with Crippen molar-refractivity contribution in [2.75, 3.05) is 13.6 Å². The molecular formula is C22H20N2O3. The SMILES string of the molecule is CN1C(=O)[C@@H]2[C@H](C1=O)[C@H](c1ccccc1C=O)N1CCc3ccccc3[C@@H]21. The second-order valence-electron chi connectivity index (χ2n) is 7.61. The summed E-state index contributed by atoms with van der Waals surface area (Å²) < 4.78 is 0. The van der Waals surface area contributed by atoms with Gasteiger partial charge in [0.05, 0.1) is 11.8 Å². The molecule has 2 aromatic rings. The Labute approximate surface area is 157 Å². The maximum absolute atomic E-state index is 13.0. The molecular weight excluding hydrogens is 340 g/mol. The fraction of sp³-hybridized carbons (Fsp3) is 0.318. The molecule has 0 aromatic heterocycles. The van der Waals surface area contributed by atoms with Crippen molar-refractivity contribution in [3.05, 3.63) is 70.8 Å². The Hall–Kier alpha value is -2.79. The summed E-state index contributed by atoms with van der Waals surface area (Å²) in [6, 6.07) is 15.3. The third-order valence-electron chi connectivity index (χ3n) is 6.47. The van der Waals surface area contributed by atoms with Crippen LogP contribution in [0.15, 0.2) is 48.5 Å². The van der Waals surface area contributed by atoms with Crippen molar-refractivity contribution in [3.63, 3.8) is 0 Å². The third-order valence-corrected chi connectivity index (χ3v) is 6.47. The van der Waals surface area contributed by atoms with Gasteiger partial charge in [-0.3, -0.25) is 24.2 Å². The number of rotatable bonds is 2. The minimum Gasteiger partial charge on any atom is -0.298 e. The number of hydrogen-bond acceptors (Lipinski definition) is 4. The van der Waals surface area contributed by atoms with Gasteiger partial charge in [0.25, 0.3) is 0 Å². The van der Waals surface area contributed by atoms with E-state index in [0.29, 0.717) is 5.56 Å². The smallest absolute Gasteiger partial charge is 0.234 e. The quantitative estimate of drug-likeness (QED) is 0.610. The van der Waals surface area contributed by atoms with E-state index in [4.69, 9.17) is 0 Å². The monoisotopic (exact) mass is 360 g/mol. The minimum atomic E-state index is -0.445. The molecule has 4 atom stereocenters. The van der Waals surface area contributed by atoms with Gasteiger partial charge in [0, 0.05) is 31.2 Å². The molecule has 2 fully saturated rings. The van der Waals surface area contributed by atoms with Crippen LogP contribution in [-0.4, -0.2) is 41.5 Å². The maximum atomic E-state index is 13.0. The average molecular weight is 360 g/mol. The number of fused-ring (bicyclic) bond motifs is 5. The number of likely N-dealkylation sites (tertiary alicyclic amines) is 1. The fourth-order valence-corrected chi connectivity index (χ4v) is 5.32. The second kappa shape index (κ2) is 5.86. The van der Waals surface area contributed by atoms with Crippen molar-refractivity contribution < 1.29 is 14.4 Å². The van der Waals surface area contributed by atoms with Gasteiger partial charge in [-0.15, -0.1) is 0 Å². The molecule has 5 heteroatoms. The van der Waals surface area contributed by atoms with Crippen molar-refractivity contribution >= 4 is 18.1 Å². The van der Waals surface area contributed by atoms with Crippen LogP contribution in [0.5, 0.6) is 0 Å². The van der Waals surface area contributed by atoms with Gasteiger partial charge in [-0.25, -0.2) is 0 Å². The van der Waals surface area contributed by atoms with Crippen LogP contribution < -0.4 is 0 Å². The molecule has 27 heavy (non-hydrogen) atoms. The summed E-state index contributed by atoms with van der Waals surface area (Å²) in [5.41, 5.74) is 3.83. The molecule has 0 spiro atoms. The third kappa shape index (κ3) is 2.12. The summed E-state index contributed by atoms with van der Waals surface area (Å²) >= 11 is 0. The summed E-state index contributed by atoms with van der Waals surface area (Å²) in [6.07, 6.45) is 1.73. The van der Waals surface area contributed by atoms with Gasteiger partial charge in [0.1, 0.15) is 6.29 Å². The molecule has 3 aliphatic rings. The molecule has 0 N–H and O–H groups in total. The number of imide groups is 1. The van der Waals surface area contributed by atoms with E-state index < -0.39 is 11.8 Å². The zero-order valence-electron chi connectivity index (χ0n) is 15.0. The zero-order chi connectivity index (χ0) is 18.7. The molecule has 5 rings (SSSR count). The number of amides is 2. The van der Waals surface area contributed by atoms with Gasteiger partial charge in [-0.05, 0) is 23.1 Å². The Morgan fingerprint density at radius 3 is 2.19 bits per heavy atom. The molecule has 3 heterocycles. The normalized spacial score (nSPS) is 29.4. The van der Waals surface area contributed by atoms with E-state index in [0.717, 1.165) is 30.4 Å². The Kier molecular flexibility index (Phi) is 3.56. The van der Waals surface area contributed by atoms with Gasteiger partial charge < -0.3 is 0 Å². The Morgan fingerprint density at radius 2 is 1.48 bits per heavy atom. The zero-order valence-corrected chi connectivity index (χ0v) is 15.0. The van der Waals surface area contributed by atoms with Crippen LogP contribution in [0.3, 0.4) is 0 Å². The van der Waals surface area contributed by atoms with Crippen LogP contribution in [0.25, 0.3) is 0 Å². The van der Waals surface area contributed by atoms with E-state index in [1.807, 2.05) is 30.3 Å². The van der Waals surface area contributed by atoms with E-state index in [1.54, 1.807) is 13.1 Å². The number of benzene rings is 2. The standard InChI is InChI=1S/C22H20N2O3/c1-23-21(26)17-18(22(23)27)20(16-9-5-3-7-14(16)12-25)24-11-10-13-6-2-4-8-15(13)19(17)24/h2-9,12,17-20H,10-11H2,1H3/t17-,18+,19+,20+/m1/s1. The van der Waals surface area contributed by atoms with Crippen LogP contribution in [0, 0.1) is 11.8 Å². The summed E-state index contributed by atoms with van der Waals surface area (Å²) in [5.74, 6) is -1.08. The topological polar surface area (TPSA) is 57.7 Å². The van der Waals surface area contributed by atoms with Gasteiger partial charge in [-0.2, -0.15) is 0 Å². The molecule has 136 valence electrons. The molecule has 2 amide bonds. The second-order valence-corrected chi connectivity index (χ2v) is 7.61. The van der Waals surface area contributed by atoms with Gasteiger partial charge >= 0.3 is 0 Å². The highest BCUT2D eigenvalue weighted by Crippen LogP contribution is 2.57. The van der Waals surface area contributed by atoms with Crippen molar-refractivity contribution in [2.24, 2.45) is 11.8 Å². The number of nitrogens with zero attached hydrogens (tertiary/aromatic N) is 2. The first kappa shape index (κ1) is 16.4. The molecule has 0 unspecified atom stereocenters. The first-order valence-electron chi connectivity index (χ1n) is 9.32. The summed E-state index contributed by atoms with van der Waals surface area (Å²) in [5, 5.41) is 0. The largest absolute Gasteiger partial charge is 0.298 e. The van der Waals surface area contributed by atoms with E-state index >= 15 is 0 Å². The fourth-order valence-electron chi connectivity index (χ4n) is 5.32. The summed E-state index contributed by atoms with van der Waals surface area (Å²) in [7, 11) is 1.57. The van der Waals surface area contributed by atoms with Crippen LogP contribution in [0.2, 0.25) is 0 Å². The summed E-state index contributed by atoms with van der Waals surface area (Å²) in [4.78, 5) is 41.3. The lowest BCUT2D eigenvalue weighted by Gasteiger charge is -2.38. The molecule has 0 radical (unpaired) electrons. The number of carbonyl (C=O) groups excluding carboxylic acids is 3. The van der Waals surface area contributed by atoms with E-state index in [-0.39, 0.29) is 23.9 Å². The van der Waals surface area contributed by atoms with E-state index in [2.05, 4.69) is 17.0 Å². The number of carbonyl (C=O) groups is 3. The molecule has 2 aromatic carbocycles. The van der Waals surface area contributed by atoms with Gasteiger partial charge in [0.2, 0.25) is 11.8 Å². The molecule has 0 bridgehead atoms. The van der Waals surface area contributed by atoms with Crippen molar-refractivity contribution in [1.82, 2.24) is 9.80 Å². The Balaban J connectivity index is 1.72. The predicted octanol–water partition coefficient (Wildman–Crippen LogP) is 2.38. The van der Waals surface area contributed by atoms with Crippen molar-refractivity contribution in [3.8, 4) is 0 Å². The summed E-state index contributed by atoms with van der Waals surface area (Å²) in [6.45, 7) is 0.775. The predicted molar refractivity (Wildman–Crippen MR) is 98.9 cm³/mol. The average Bonchev–Trinajstić information content (AvgIpc) is 3.16. The van der Waals surface area contributed by atoms with Crippen molar-refractivity contribution in [1.29, 1.82) is 0 Å². The molecule has 0 aliphatic carbocycles. The lowest BCUT2D eigenvalue weighted by Crippen LogP contribution is -2.40. The first-order chi connectivity index (χ1) is 13.1. The number of hydrogen-bond donors (Lipinski definition) is 0. The Bertz CT molecular complexity index is 970. The highest BCUT2D eigenvalue weighted by molar-refractivity contribution is 6.06. The van der Waals surface area contributed by atoms with Crippen LogP contribution in [0.1, 0.15) is 39.1 Å². The molecule has 0 saturated carbocycles. The lowest BCUT2D eigenvalue weighted by molar-refractivity contribution is -0.140.